The van der Waals surface area contributed by atoms with E-state index in [1.807, 2.05) is 85.7 Å². The number of anilines is 3. The fourth-order valence-electron chi connectivity index (χ4n) is 6.47. The van der Waals surface area contributed by atoms with Crippen LogP contribution in [0.15, 0.2) is 89.8 Å². The van der Waals surface area contributed by atoms with Gasteiger partial charge in [-0.2, -0.15) is 4.98 Å². The van der Waals surface area contributed by atoms with Crippen molar-refractivity contribution in [3.8, 4) is 5.75 Å². The molecule has 0 unspecified atom stereocenters. The fourth-order valence-corrected chi connectivity index (χ4v) is 7.79. The summed E-state index contributed by atoms with van der Waals surface area (Å²) in [5, 5.41) is 9.69. The Morgan fingerprint density at radius 1 is 0.766 bits per heavy atom. The van der Waals surface area contributed by atoms with E-state index in [9.17, 15) is 8.42 Å². The van der Waals surface area contributed by atoms with Crippen molar-refractivity contribution in [2.75, 3.05) is 56.4 Å². The summed E-state index contributed by atoms with van der Waals surface area (Å²) >= 11 is 0. The quantitative estimate of drug-likeness (QED) is 0.129. The minimum Gasteiger partial charge on any atom is -0.497 e. The number of sulfonamides is 1. The van der Waals surface area contributed by atoms with E-state index in [1.54, 1.807) is 13.2 Å². The second-order valence-electron chi connectivity index (χ2n) is 12.6. The maximum atomic E-state index is 13.4. The minimum absolute atomic E-state index is 0.312. The van der Waals surface area contributed by atoms with Gasteiger partial charge in [-0.3, -0.25) is 0 Å². The molecule has 1 aliphatic carbocycles. The Balaban J connectivity index is 1.02. The highest BCUT2D eigenvalue weighted by atomic mass is 32.2. The van der Waals surface area contributed by atoms with E-state index >= 15 is 0 Å². The molecule has 9 nitrogen and oxygen atoms in total. The standard InChI is InChI=1S/C37H44N6O3S/c1-43(2)34-20-21-35(31-9-5-4-8-30(31)34)47(44,45)40-25-28-14-12-27(13-15-28)24-39-37-41-33-11-7-6-10-32(33)36(42-37)38-23-22-26-16-18-29(46-3)19-17-26/h4-11,16-21,27-28,40H,12-15,22-25H2,1-3H3,(H2,38,39,41,42)/t27-,28-. The molecule has 3 N–H and O–H groups in total. The van der Waals surface area contributed by atoms with Gasteiger partial charge in [-0.15, -0.1) is 0 Å². The van der Waals surface area contributed by atoms with E-state index in [-0.39, 0.29) is 0 Å². The number of fused-ring (bicyclic) bond motifs is 2. The monoisotopic (exact) mass is 652 g/mol. The van der Waals surface area contributed by atoms with Crippen LogP contribution in [-0.4, -0.2) is 59.2 Å². The number of rotatable bonds is 13. The zero-order valence-electron chi connectivity index (χ0n) is 27.4. The number of nitrogens with one attached hydrogen (secondary N) is 3. The predicted molar refractivity (Wildman–Crippen MR) is 192 cm³/mol. The Morgan fingerprint density at radius 2 is 1.43 bits per heavy atom. The Morgan fingerprint density at radius 3 is 2.13 bits per heavy atom. The Hall–Kier alpha value is -4.41. The molecular formula is C37H44N6O3S. The molecule has 0 bridgehead atoms. The van der Waals surface area contributed by atoms with E-state index in [2.05, 4.69) is 27.5 Å². The van der Waals surface area contributed by atoms with Crippen LogP contribution < -0.4 is 25.0 Å². The topological polar surface area (TPSA) is 108 Å². The van der Waals surface area contributed by atoms with Crippen molar-refractivity contribution in [3.63, 3.8) is 0 Å². The number of hydrogen-bond acceptors (Lipinski definition) is 8. The molecule has 0 spiro atoms. The van der Waals surface area contributed by atoms with Crippen molar-refractivity contribution >= 4 is 49.2 Å². The number of benzene rings is 4. The van der Waals surface area contributed by atoms with Crippen molar-refractivity contribution in [1.82, 2.24) is 14.7 Å². The highest BCUT2D eigenvalue weighted by molar-refractivity contribution is 7.89. The van der Waals surface area contributed by atoms with E-state index < -0.39 is 10.0 Å². The van der Waals surface area contributed by atoms with Crippen molar-refractivity contribution < 1.29 is 13.2 Å². The summed E-state index contributed by atoms with van der Waals surface area (Å²) in [6, 6.07) is 27.5. The molecule has 10 heteroatoms. The Labute approximate surface area is 277 Å². The molecule has 0 aliphatic heterocycles. The maximum Gasteiger partial charge on any atom is 0.241 e. The Kier molecular flexibility index (Phi) is 10.1. The van der Waals surface area contributed by atoms with E-state index in [4.69, 9.17) is 14.7 Å². The molecule has 246 valence electrons. The van der Waals surface area contributed by atoms with Crippen LogP contribution in [-0.2, 0) is 16.4 Å². The number of para-hydroxylation sites is 1. The van der Waals surface area contributed by atoms with Crippen LogP contribution in [0.5, 0.6) is 5.75 Å². The van der Waals surface area contributed by atoms with Gasteiger partial charge in [0.05, 0.1) is 17.5 Å². The normalized spacial score (nSPS) is 16.7. The number of methoxy groups -OCH3 is 1. The number of nitrogens with zero attached hydrogens (tertiary/aromatic N) is 3. The first-order valence-corrected chi connectivity index (χ1v) is 17.9. The summed E-state index contributed by atoms with van der Waals surface area (Å²) in [7, 11) is 1.97. The van der Waals surface area contributed by atoms with Gasteiger partial charge < -0.3 is 20.3 Å². The lowest BCUT2D eigenvalue weighted by Crippen LogP contribution is -2.32. The van der Waals surface area contributed by atoms with Crippen molar-refractivity contribution in [1.29, 1.82) is 0 Å². The van der Waals surface area contributed by atoms with Crippen LogP contribution in [0.3, 0.4) is 0 Å². The maximum absolute atomic E-state index is 13.4. The first-order chi connectivity index (χ1) is 22.8. The lowest BCUT2D eigenvalue weighted by atomic mass is 9.82. The summed E-state index contributed by atoms with van der Waals surface area (Å²) in [6.45, 7) is 1.98. The molecule has 1 aliphatic rings. The molecule has 4 aromatic carbocycles. The predicted octanol–water partition coefficient (Wildman–Crippen LogP) is 6.71. The zero-order valence-corrected chi connectivity index (χ0v) is 28.2. The molecule has 6 rings (SSSR count). The lowest BCUT2D eigenvalue weighted by molar-refractivity contribution is 0.284. The van der Waals surface area contributed by atoms with Crippen molar-refractivity contribution in [3.05, 3.63) is 90.5 Å². The summed E-state index contributed by atoms with van der Waals surface area (Å²) in [6.07, 6.45) is 4.88. The summed E-state index contributed by atoms with van der Waals surface area (Å²) in [5.41, 5.74) is 3.13. The van der Waals surface area contributed by atoms with Crippen LogP contribution in [0.2, 0.25) is 0 Å². The zero-order chi connectivity index (χ0) is 32.8. The molecule has 47 heavy (non-hydrogen) atoms. The average Bonchev–Trinajstić information content (AvgIpc) is 3.10. The SMILES string of the molecule is COc1ccc(CCNc2nc(NC[C@H]3CC[C@H](CNS(=O)(=O)c4ccc(N(C)C)c5ccccc45)CC3)nc3ccccc23)cc1. The average molecular weight is 653 g/mol. The molecule has 0 atom stereocenters. The lowest BCUT2D eigenvalue weighted by Gasteiger charge is -2.29. The van der Waals surface area contributed by atoms with E-state index in [0.717, 1.165) is 84.1 Å². The number of ether oxygens (including phenoxy) is 1. The van der Waals surface area contributed by atoms with Crippen LogP contribution >= 0.6 is 0 Å². The van der Waals surface area contributed by atoms with Gasteiger partial charge in [-0.05, 0) is 85.9 Å². The van der Waals surface area contributed by atoms with E-state index in [1.165, 1.54) is 5.56 Å². The first-order valence-electron chi connectivity index (χ1n) is 16.4. The van der Waals surface area contributed by atoms with Crippen LogP contribution in [0.4, 0.5) is 17.5 Å². The summed E-state index contributed by atoms with van der Waals surface area (Å²) < 4.78 is 35.0. The molecule has 1 fully saturated rings. The third kappa shape index (κ3) is 7.77. The van der Waals surface area contributed by atoms with Gasteiger partial charge in [0.1, 0.15) is 11.6 Å². The minimum atomic E-state index is -3.64. The van der Waals surface area contributed by atoms with Crippen molar-refractivity contribution in [2.24, 2.45) is 11.8 Å². The Bertz CT molecular complexity index is 1920. The van der Waals surface area contributed by atoms with Gasteiger partial charge in [0.25, 0.3) is 0 Å². The van der Waals surface area contributed by atoms with E-state index in [0.29, 0.717) is 29.2 Å². The molecule has 1 heterocycles. The molecular weight excluding hydrogens is 609 g/mol. The molecule has 0 amide bonds. The fraction of sp³-hybridized carbons (Fsp3) is 0.351. The van der Waals surface area contributed by atoms with Gasteiger partial charge in [0.2, 0.25) is 16.0 Å². The van der Waals surface area contributed by atoms with Gasteiger partial charge in [0, 0.05) is 55.6 Å². The van der Waals surface area contributed by atoms with Gasteiger partial charge in [-0.25, -0.2) is 18.1 Å². The number of hydrogen-bond donors (Lipinski definition) is 3. The highest BCUT2D eigenvalue weighted by Crippen LogP contribution is 2.32. The first kappa shape index (κ1) is 32.5. The third-order valence-electron chi connectivity index (χ3n) is 9.18. The molecule has 0 saturated heterocycles. The smallest absolute Gasteiger partial charge is 0.241 e. The molecule has 1 saturated carbocycles. The summed E-state index contributed by atoms with van der Waals surface area (Å²) in [5.74, 6) is 3.09. The second-order valence-corrected chi connectivity index (χ2v) is 14.3. The number of aromatic nitrogens is 2. The third-order valence-corrected chi connectivity index (χ3v) is 10.7. The van der Waals surface area contributed by atoms with Crippen LogP contribution in [0.1, 0.15) is 31.2 Å². The van der Waals surface area contributed by atoms with Crippen LogP contribution in [0, 0.1) is 11.8 Å². The highest BCUT2D eigenvalue weighted by Gasteiger charge is 2.25. The van der Waals surface area contributed by atoms with Gasteiger partial charge in [-0.1, -0.05) is 48.5 Å². The van der Waals surface area contributed by atoms with Crippen LogP contribution in [0.25, 0.3) is 21.7 Å². The van der Waals surface area contributed by atoms with Gasteiger partial charge >= 0.3 is 0 Å². The molecule has 5 aromatic rings. The van der Waals surface area contributed by atoms with Crippen molar-refractivity contribution in [2.45, 2.75) is 37.0 Å². The second kappa shape index (κ2) is 14.6. The molecule has 0 radical (unpaired) electrons. The molecule has 1 aromatic heterocycles. The largest absolute Gasteiger partial charge is 0.497 e. The van der Waals surface area contributed by atoms with Gasteiger partial charge in [0.15, 0.2) is 0 Å². The summed E-state index contributed by atoms with van der Waals surface area (Å²) in [4.78, 5) is 12.0.